The Morgan fingerprint density at radius 1 is 1.26 bits per heavy atom. The first-order chi connectivity index (χ1) is 16.3. The Balaban J connectivity index is 1.63. The van der Waals surface area contributed by atoms with Crippen LogP contribution in [0.4, 0.5) is 24.7 Å². The average Bonchev–Trinajstić information content (AvgIpc) is 3.27. The van der Waals surface area contributed by atoms with Crippen LogP contribution in [0, 0.1) is 0 Å². The third kappa shape index (κ3) is 3.82. The fourth-order valence-corrected chi connectivity index (χ4v) is 4.52. The summed E-state index contributed by atoms with van der Waals surface area (Å²) in [4.78, 5) is 13.9. The molecule has 1 aliphatic heterocycles. The summed E-state index contributed by atoms with van der Waals surface area (Å²) < 4.78 is 46.0. The van der Waals surface area contributed by atoms with Crippen LogP contribution >= 0.6 is 15.9 Å². The van der Waals surface area contributed by atoms with E-state index in [0.717, 1.165) is 17.7 Å². The van der Waals surface area contributed by atoms with Crippen molar-refractivity contribution in [3.05, 3.63) is 70.8 Å². The summed E-state index contributed by atoms with van der Waals surface area (Å²) in [5.74, 6) is 1.48. The number of rotatable bonds is 4. The van der Waals surface area contributed by atoms with Gasteiger partial charge in [-0.3, -0.25) is 0 Å². The van der Waals surface area contributed by atoms with Gasteiger partial charge in [-0.15, -0.1) is 0 Å². The summed E-state index contributed by atoms with van der Waals surface area (Å²) >= 11 is 3.20. The van der Waals surface area contributed by atoms with Crippen molar-refractivity contribution in [2.75, 3.05) is 18.1 Å². The summed E-state index contributed by atoms with van der Waals surface area (Å²) in [7, 11) is 0. The normalized spacial score (nSPS) is 15.8. The Labute approximate surface area is 200 Å². The third-order valence-corrected chi connectivity index (χ3v) is 6.23. The first kappa shape index (κ1) is 22.4. The molecule has 2 N–H and O–H groups in total. The largest absolute Gasteiger partial charge is 0.488 e. The van der Waals surface area contributed by atoms with Crippen molar-refractivity contribution in [2.45, 2.75) is 12.2 Å². The zero-order valence-corrected chi connectivity index (χ0v) is 19.2. The number of alkyl halides is 3. The molecule has 0 saturated carbocycles. The monoisotopic (exact) mass is 530 g/mol. The van der Waals surface area contributed by atoms with Crippen molar-refractivity contribution in [1.29, 1.82) is 0 Å². The van der Waals surface area contributed by atoms with E-state index in [4.69, 9.17) is 4.74 Å². The summed E-state index contributed by atoms with van der Waals surface area (Å²) in [6, 6.07) is 10.8. The van der Waals surface area contributed by atoms with Crippen LogP contribution in [0.3, 0.4) is 0 Å². The van der Waals surface area contributed by atoms with Gasteiger partial charge in [-0.05, 0) is 57.9 Å². The number of nitrogens with zero attached hydrogens (tertiary/aromatic N) is 3. The van der Waals surface area contributed by atoms with E-state index in [-0.39, 0.29) is 29.2 Å². The molecule has 0 radical (unpaired) electrons. The van der Waals surface area contributed by atoms with E-state index in [1.807, 2.05) is 23.1 Å². The van der Waals surface area contributed by atoms with Crippen molar-refractivity contribution in [2.24, 2.45) is 0 Å². The fourth-order valence-electron chi connectivity index (χ4n) is 3.98. The van der Waals surface area contributed by atoms with Crippen molar-refractivity contribution in [1.82, 2.24) is 15.0 Å². The number of nitrogens with one attached hydrogen (secondary N) is 1. The second-order valence-electron chi connectivity index (χ2n) is 7.76. The molecule has 1 unspecified atom stereocenters. The second kappa shape index (κ2) is 8.44. The van der Waals surface area contributed by atoms with Crippen LogP contribution in [0.1, 0.15) is 11.1 Å². The highest BCUT2D eigenvalue weighted by atomic mass is 79.9. The molecule has 0 bridgehead atoms. The summed E-state index contributed by atoms with van der Waals surface area (Å²) in [6.45, 7) is 3.77. The lowest BCUT2D eigenvalue weighted by Crippen LogP contribution is -2.43. The first-order valence-corrected chi connectivity index (χ1v) is 11.1. The van der Waals surface area contributed by atoms with Crippen LogP contribution in [0.5, 0.6) is 5.75 Å². The highest BCUT2D eigenvalue weighted by Crippen LogP contribution is 2.44. The second-order valence-corrected chi connectivity index (χ2v) is 8.62. The number of aliphatic hydroxyl groups is 1. The quantitative estimate of drug-likeness (QED) is 0.341. The number of hydrogen-bond acceptors (Lipinski definition) is 5. The minimum atomic E-state index is -4.48. The molecule has 2 aromatic carbocycles. The molecule has 174 valence electrons. The molecule has 2 aromatic heterocycles. The molecule has 0 fully saturated rings. The van der Waals surface area contributed by atoms with Gasteiger partial charge in [-0.25, -0.2) is 9.97 Å². The molecule has 5 rings (SSSR count). The molecule has 4 aromatic rings. The van der Waals surface area contributed by atoms with Crippen molar-refractivity contribution in [3.63, 3.8) is 0 Å². The van der Waals surface area contributed by atoms with E-state index < -0.39 is 11.7 Å². The number of imidazole rings is 1. The topological polar surface area (TPSA) is 74.3 Å². The van der Waals surface area contributed by atoms with Gasteiger partial charge >= 0.3 is 6.18 Å². The SMILES string of the molecule is C=Cc1ccc(N2c3cccc(-c4nc5c(Br)cc(C(F)(F)F)cc5[nH]4)c3OCC2CO)nc1. The van der Waals surface area contributed by atoms with E-state index in [1.54, 1.807) is 24.4 Å². The molecular weight excluding hydrogens is 513 g/mol. The number of pyridine rings is 1. The summed E-state index contributed by atoms with van der Waals surface area (Å²) in [5.41, 5.74) is 1.95. The molecule has 0 spiro atoms. The zero-order chi connectivity index (χ0) is 24.0. The number of benzene rings is 2. The standard InChI is InChI=1S/C24H18BrF3N4O2/c1-2-13-6-7-20(29-10-13)32-15(11-33)12-34-22-16(4-3-5-19(22)32)23-30-18-9-14(24(26,27)28)8-17(25)21(18)31-23/h2-10,15,33H,1,11-12H2,(H,30,31). The van der Waals surface area contributed by atoms with Gasteiger partial charge in [0.25, 0.3) is 0 Å². The molecule has 0 aliphatic carbocycles. The van der Waals surface area contributed by atoms with Crippen molar-refractivity contribution >= 4 is 44.5 Å². The molecule has 10 heteroatoms. The van der Waals surface area contributed by atoms with Crippen LogP contribution in [0.2, 0.25) is 0 Å². The maximum atomic E-state index is 13.3. The third-order valence-electron chi connectivity index (χ3n) is 5.63. The molecule has 34 heavy (non-hydrogen) atoms. The highest BCUT2D eigenvalue weighted by molar-refractivity contribution is 9.10. The Morgan fingerprint density at radius 2 is 2.09 bits per heavy atom. The van der Waals surface area contributed by atoms with E-state index in [1.165, 1.54) is 0 Å². The van der Waals surface area contributed by atoms with Gasteiger partial charge in [0.15, 0.2) is 5.75 Å². The number of halogens is 4. The first-order valence-electron chi connectivity index (χ1n) is 10.3. The number of ether oxygens (including phenoxy) is 1. The van der Waals surface area contributed by atoms with Gasteiger partial charge in [0.2, 0.25) is 0 Å². The fraction of sp³-hybridized carbons (Fsp3) is 0.167. The molecule has 1 atom stereocenters. The van der Waals surface area contributed by atoms with Crippen molar-refractivity contribution < 1.29 is 23.0 Å². The number of hydrogen-bond donors (Lipinski definition) is 2. The van der Waals surface area contributed by atoms with Crippen LogP contribution in [-0.2, 0) is 6.18 Å². The molecule has 1 aliphatic rings. The number of fused-ring (bicyclic) bond motifs is 2. The minimum Gasteiger partial charge on any atom is -0.488 e. The van der Waals surface area contributed by atoms with Gasteiger partial charge in [0.05, 0.1) is 35.0 Å². The number of aromatic nitrogens is 3. The Morgan fingerprint density at radius 3 is 2.76 bits per heavy atom. The lowest BCUT2D eigenvalue weighted by atomic mass is 10.1. The van der Waals surface area contributed by atoms with Crippen molar-refractivity contribution in [3.8, 4) is 17.1 Å². The Kier molecular flexibility index (Phi) is 5.57. The maximum absolute atomic E-state index is 13.3. The minimum absolute atomic E-state index is 0.160. The number of H-pyrrole nitrogens is 1. The smallest absolute Gasteiger partial charge is 0.416 e. The van der Waals surface area contributed by atoms with Crippen LogP contribution < -0.4 is 9.64 Å². The predicted molar refractivity (Wildman–Crippen MR) is 127 cm³/mol. The predicted octanol–water partition coefficient (Wildman–Crippen LogP) is 5.94. The van der Waals surface area contributed by atoms with E-state index in [9.17, 15) is 18.3 Å². The van der Waals surface area contributed by atoms with Crippen LogP contribution in [0.25, 0.3) is 28.5 Å². The molecule has 0 amide bonds. The van der Waals surface area contributed by atoms with Gasteiger partial charge in [-0.1, -0.05) is 18.7 Å². The van der Waals surface area contributed by atoms with Gasteiger partial charge in [-0.2, -0.15) is 13.2 Å². The molecule has 6 nitrogen and oxygen atoms in total. The number of para-hydroxylation sites is 1. The lowest BCUT2D eigenvalue weighted by Gasteiger charge is -2.37. The zero-order valence-electron chi connectivity index (χ0n) is 17.6. The number of aromatic amines is 1. The van der Waals surface area contributed by atoms with Gasteiger partial charge in [0, 0.05) is 10.7 Å². The van der Waals surface area contributed by atoms with Crippen LogP contribution in [-0.4, -0.2) is 39.3 Å². The number of anilines is 2. The van der Waals surface area contributed by atoms with Crippen LogP contribution in [0.15, 0.2) is 59.7 Å². The lowest BCUT2D eigenvalue weighted by molar-refractivity contribution is -0.137. The number of aliphatic hydroxyl groups excluding tert-OH is 1. The molecule has 3 heterocycles. The van der Waals surface area contributed by atoms with E-state index >= 15 is 0 Å². The van der Waals surface area contributed by atoms with Gasteiger partial charge < -0.3 is 19.7 Å². The summed E-state index contributed by atoms with van der Waals surface area (Å²) in [6.07, 6.45) is -1.11. The average molecular weight is 531 g/mol. The highest BCUT2D eigenvalue weighted by Gasteiger charge is 2.33. The Bertz CT molecular complexity index is 1390. The van der Waals surface area contributed by atoms with Gasteiger partial charge in [0.1, 0.15) is 23.8 Å². The molecule has 0 saturated heterocycles. The summed E-state index contributed by atoms with van der Waals surface area (Å²) in [5, 5.41) is 9.97. The van der Waals surface area contributed by atoms with E-state index in [2.05, 4.69) is 37.5 Å². The Hall–Kier alpha value is -3.37. The maximum Gasteiger partial charge on any atom is 0.416 e. The van der Waals surface area contributed by atoms with E-state index in [0.29, 0.717) is 34.2 Å². The molecular formula is C24H18BrF3N4O2.